The molecule has 0 fully saturated rings. The van der Waals surface area contributed by atoms with Crippen LogP contribution in [0.3, 0.4) is 0 Å². The van der Waals surface area contributed by atoms with Crippen LogP contribution >= 0.6 is 22.6 Å². The molecule has 1 amide bonds. The van der Waals surface area contributed by atoms with Gasteiger partial charge in [0.15, 0.2) is 17.4 Å². The minimum atomic E-state index is -0.741. The zero-order chi connectivity index (χ0) is 21.0. The molecule has 0 unspecified atom stereocenters. The number of nitrogens with two attached hydrogens (primary N) is 1. The van der Waals surface area contributed by atoms with Gasteiger partial charge in [0.1, 0.15) is 5.56 Å². The summed E-state index contributed by atoms with van der Waals surface area (Å²) in [6, 6.07) is 11.4. The van der Waals surface area contributed by atoms with Crippen LogP contribution in [0.5, 0.6) is 5.75 Å². The third-order valence-corrected chi connectivity index (χ3v) is 4.76. The minimum absolute atomic E-state index is 0.0504. The van der Waals surface area contributed by atoms with Crippen LogP contribution in [-0.4, -0.2) is 32.3 Å². The van der Waals surface area contributed by atoms with Crippen LogP contribution in [0.25, 0.3) is 0 Å². The molecule has 0 saturated carbocycles. The smallest absolute Gasteiger partial charge is 0.311 e. The lowest BCUT2D eigenvalue weighted by atomic mass is 10.2. The Hall–Kier alpha value is -3.48. The van der Waals surface area contributed by atoms with E-state index in [1.54, 1.807) is 0 Å². The van der Waals surface area contributed by atoms with E-state index < -0.39 is 22.3 Å². The van der Waals surface area contributed by atoms with E-state index in [0.717, 1.165) is 21.7 Å². The molecule has 10 nitrogen and oxygen atoms in total. The summed E-state index contributed by atoms with van der Waals surface area (Å²) in [5.41, 5.74) is 7.26. The van der Waals surface area contributed by atoms with Gasteiger partial charge >= 0.3 is 5.69 Å². The van der Waals surface area contributed by atoms with Crippen LogP contribution in [0.15, 0.2) is 47.5 Å². The van der Waals surface area contributed by atoms with Gasteiger partial charge < -0.3 is 16.2 Å². The van der Waals surface area contributed by atoms with Crippen molar-refractivity contribution in [1.29, 1.82) is 0 Å². The number of carbonyl (C=O) groups is 1. The molecule has 29 heavy (non-hydrogen) atoms. The van der Waals surface area contributed by atoms with Gasteiger partial charge in [0.05, 0.1) is 4.92 Å². The Morgan fingerprint density at radius 3 is 2.86 bits per heavy atom. The standard InChI is InChI=1S/C18H15IN6O4/c19-8-10-2-1-3-12(6-10)22-18-15(16(20)27)17(23-24-18)21-9-11-4-5-14(26)13(7-11)25(28)29/h1-7,9,26H,8H2,(H2,20,27)(H2,22,23,24). The zero-order valence-electron chi connectivity index (χ0n) is 14.8. The Bertz CT molecular complexity index is 1110. The maximum absolute atomic E-state index is 11.9. The number of rotatable bonds is 7. The first kappa shape index (κ1) is 20.3. The molecule has 3 rings (SSSR count). The molecule has 0 aliphatic carbocycles. The number of phenolic OH excluding ortho intramolecular Hbond substituents is 1. The van der Waals surface area contributed by atoms with Crippen LogP contribution in [0.4, 0.5) is 23.0 Å². The molecule has 148 valence electrons. The summed E-state index contributed by atoms with van der Waals surface area (Å²) in [5, 5.41) is 30.2. The summed E-state index contributed by atoms with van der Waals surface area (Å²) in [5.74, 6) is -0.880. The van der Waals surface area contributed by atoms with E-state index in [2.05, 4.69) is 43.1 Å². The largest absolute Gasteiger partial charge is 0.502 e. The lowest BCUT2D eigenvalue weighted by molar-refractivity contribution is -0.385. The second-order valence-corrected chi connectivity index (χ2v) is 6.65. The van der Waals surface area contributed by atoms with E-state index >= 15 is 0 Å². The lowest BCUT2D eigenvalue weighted by Crippen LogP contribution is -2.12. The lowest BCUT2D eigenvalue weighted by Gasteiger charge is -2.06. The third kappa shape index (κ3) is 4.68. The molecular weight excluding hydrogens is 491 g/mol. The Balaban J connectivity index is 1.91. The van der Waals surface area contributed by atoms with E-state index in [1.807, 2.05) is 24.3 Å². The van der Waals surface area contributed by atoms with Gasteiger partial charge in [0.2, 0.25) is 0 Å². The number of amides is 1. The van der Waals surface area contributed by atoms with E-state index in [4.69, 9.17) is 5.73 Å². The number of benzene rings is 2. The fourth-order valence-corrected chi connectivity index (χ4v) is 3.00. The van der Waals surface area contributed by atoms with Crippen molar-refractivity contribution in [3.63, 3.8) is 0 Å². The molecule has 2 aromatic carbocycles. The fourth-order valence-electron chi connectivity index (χ4n) is 2.53. The van der Waals surface area contributed by atoms with Crippen LogP contribution in [0, 0.1) is 10.1 Å². The Kier molecular flexibility index (Phi) is 6.07. The fraction of sp³-hybridized carbons (Fsp3) is 0.0556. The number of nitro groups is 1. The molecule has 0 atom stereocenters. The second-order valence-electron chi connectivity index (χ2n) is 5.88. The van der Waals surface area contributed by atoms with Crippen molar-refractivity contribution in [2.45, 2.75) is 4.43 Å². The van der Waals surface area contributed by atoms with Crippen molar-refractivity contribution < 1.29 is 14.8 Å². The van der Waals surface area contributed by atoms with E-state index in [1.165, 1.54) is 18.3 Å². The molecule has 1 heterocycles. The number of aromatic hydroxyl groups is 1. The summed E-state index contributed by atoms with van der Waals surface area (Å²) in [6.45, 7) is 0. The van der Waals surface area contributed by atoms with Gasteiger partial charge in [-0.1, -0.05) is 34.7 Å². The SMILES string of the molecule is NC(=O)c1c(Nc2cccc(CI)c2)n[nH]c1N=Cc1ccc(O)c([N+](=O)[O-])c1. The molecule has 0 bridgehead atoms. The second kappa shape index (κ2) is 8.68. The van der Waals surface area contributed by atoms with Gasteiger partial charge in [0, 0.05) is 22.4 Å². The number of phenols is 1. The summed E-state index contributed by atoms with van der Waals surface area (Å²) in [4.78, 5) is 26.3. The van der Waals surface area contributed by atoms with Gasteiger partial charge in [-0.2, -0.15) is 5.10 Å². The number of alkyl halides is 1. The highest BCUT2D eigenvalue weighted by Crippen LogP contribution is 2.28. The first-order valence-electron chi connectivity index (χ1n) is 8.20. The van der Waals surface area contributed by atoms with Crippen LogP contribution in [-0.2, 0) is 4.43 Å². The van der Waals surface area contributed by atoms with Crippen molar-refractivity contribution >= 4 is 57.7 Å². The number of aliphatic imine (C=N–C) groups is 1. The normalized spacial score (nSPS) is 10.9. The molecule has 0 spiro atoms. The molecule has 0 aliphatic heterocycles. The quantitative estimate of drug-likeness (QED) is 0.126. The van der Waals surface area contributed by atoms with Crippen molar-refractivity contribution in [1.82, 2.24) is 10.2 Å². The van der Waals surface area contributed by atoms with Crippen LogP contribution in [0.2, 0.25) is 0 Å². The number of nitrogens with zero attached hydrogens (tertiary/aromatic N) is 3. The van der Waals surface area contributed by atoms with Gasteiger partial charge in [-0.25, -0.2) is 4.99 Å². The van der Waals surface area contributed by atoms with Gasteiger partial charge in [-0.3, -0.25) is 20.0 Å². The van der Waals surface area contributed by atoms with Crippen molar-refractivity contribution in [3.8, 4) is 5.75 Å². The monoisotopic (exact) mass is 506 g/mol. The van der Waals surface area contributed by atoms with E-state index in [-0.39, 0.29) is 17.2 Å². The first-order chi connectivity index (χ1) is 13.9. The number of carbonyl (C=O) groups excluding carboxylic acids is 1. The highest BCUT2D eigenvalue weighted by atomic mass is 127. The number of halogens is 1. The van der Waals surface area contributed by atoms with Gasteiger partial charge in [-0.05, 0) is 35.4 Å². The summed E-state index contributed by atoms with van der Waals surface area (Å²) < 4.78 is 0.824. The van der Waals surface area contributed by atoms with E-state index in [0.29, 0.717) is 5.56 Å². The number of aromatic nitrogens is 2. The Morgan fingerprint density at radius 1 is 1.38 bits per heavy atom. The topological polar surface area (TPSA) is 160 Å². The molecule has 0 saturated heterocycles. The van der Waals surface area contributed by atoms with Gasteiger partial charge in [-0.15, -0.1) is 0 Å². The van der Waals surface area contributed by atoms with E-state index in [9.17, 15) is 20.0 Å². The van der Waals surface area contributed by atoms with Gasteiger partial charge in [0.25, 0.3) is 5.91 Å². The molecule has 3 aromatic rings. The molecule has 5 N–H and O–H groups in total. The third-order valence-electron chi connectivity index (χ3n) is 3.88. The number of H-pyrrole nitrogens is 1. The average Bonchev–Trinajstić information content (AvgIpc) is 3.10. The molecule has 0 radical (unpaired) electrons. The predicted octanol–water partition coefficient (Wildman–Crippen LogP) is 3.55. The van der Waals surface area contributed by atoms with Crippen molar-refractivity contribution in [3.05, 3.63) is 69.3 Å². The molecular formula is C18H15IN6O4. The average molecular weight is 506 g/mol. The highest BCUT2D eigenvalue weighted by molar-refractivity contribution is 14.1. The number of primary amides is 1. The highest BCUT2D eigenvalue weighted by Gasteiger charge is 2.18. The maximum atomic E-state index is 11.9. The number of hydrogen-bond donors (Lipinski definition) is 4. The Morgan fingerprint density at radius 2 is 2.17 bits per heavy atom. The van der Waals surface area contributed by atoms with Crippen molar-refractivity contribution in [2.75, 3.05) is 5.32 Å². The number of anilines is 2. The summed E-state index contributed by atoms with van der Waals surface area (Å²) in [7, 11) is 0. The van der Waals surface area contributed by atoms with Crippen LogP contribution in [0.1, 0.15) is 21.5 Å². The number of nitro benzene ring substituents is 1. The van der Waals surface area contributed by atoms with Crippen molar-refractivity contribution in [2.24, 2.45) is 10.7 Å². The Labute approximate surface area is 178 Å². The maximum Gasteiger partial charge on any atom is 0.311 e. The summed E-state index contributed by atoms with van der Waals surface area (Å²) >= 11 is 2.25. The van der Waals surface area contributed by atoms with Crippen LogP contribution < -0.4 is 11.1 Å². The predicted molar refractivity (Wildman–Crippen MR) is 117 cm³/mol. The first-order valence-corrected chi connectivity index (χ1v) is 9.73. The number of nitrogens with one attached hydrogen (secondary N) is 2. The summed E-state index contributed by atoms with van der Waals surface area (Å²) in [6.07, 6.45) is 1.30. The number of aromatic amines is 1. The minimum Gasteiger partial charge on any atom is -0.502 e. The zero-order valence-corrected chi connectivity index (χ0v) is 17.0. The molecule has 11 heteroatoms. The molecule has 0 aliphatic rings. The number of hydrogen-bond acceptors (Lipinski definition) is 7. The molecule has 1 aromatic heterocycles.